The predicted molar refractivity (Wildman–Crippen MR) is 220 cm³/mol. The van der Waals surface area contributed by atoms with Crippen LogP contribution in [0.25, 0.3) is 66.0 Å². The van der Waals surface area contributed by atoms with Gasteiger partial charge in [0.15, 0.2) is 0 Å². The van der Waals surface area contributed by atoms with Gasteiger partial charge in [0.05, 0.1) is 16.4 Å². The summed E-state index contributed by atoms with van der Waals surface area (Å²) in [5.74, 6) is 1.08. The maximum Gasteiger partial charge on any atom is 0.121 e. The monoisotopic (exact) mass is 880 g/mol. The van der Waals surface area contributed by atoms with Crippen LogP contribution in [-0.4, -0.2) is 18.0 Å². The molecule has 0 aliphatic heterocycles. The molecule has 0 N–H and O–H groups in total. The standard InChI is InChI=1S/C27H32NOSi.C20H14N.Ir/c1-17(2)13-20-14-24(28-16-26(20)30(5,6)7)23-10-8-9-22-21-12-11-19(18(3)4)15-25(21)29-27(22)23;1-14-6-11-20(21-13-14)17-9-10-19-16(12-17)8-7-15-4-2-3-5-18(15)19;/h8-9,11-12,14-18H,13H2,1-7H3;2-8,10-13H,1H3;/q2*-1;/i;1D3,7D,8D;. The first kappa shape index (κ1) is 31.1. The number of aryl methyl sites for hydroxylation is 1. The molecule has 0 bridgehead atoms. The molecule has 0 aliphatic carbocycles. The van der Waals surface area contributed by atoms with E-state index in [9.17, 15) is 0 Å². The fourth-order valence-electron chi connectivity index (χ4n) is 6.71. The Morgan fingerprint density at radius 3 is 2.31 bits per heavy atom. The van der Waals surface area contributed by atoms with Crippen LogP contribution in [-0.2, 0) is 26.5 Å². The number of pyridine rings is 2. The SMILES string of the molecule is CC(C)Cc1cc(-c2[c-]ccc3c2oc2cc(C(C)C)ccc23)ncc1[Si](C)(C)C.[2H]c1c([2H])c2ccccc2c2c[c-]c(-c3ccc(C([2H])([2H])[2H])cn3)cc12.[Ir]. The molecule has 0 atom stereocenters. The summed E-state index contributed by atoms with van der Waals surface area (Å²) in [5, 5.41) is 6.93. The molecule has 265 valence electrons. The van der Waals surface area contributed by atoms with Gasteiger partial charge in [-0.1, -0.05) is 141 Å². The van der Waals surface area contributed by atoms with Gasteiger partial charge in [-0.15, -0.1) is 47.3 Å². The normalized spacial score (nSPS) is 13.4. The second-order valence-corrected chi connectivity index (χ2v) is 20.1. The van der Waals surface area contributed by atoms with Crippen molar-refractivity contribution in [2.45, 2.75) is 66.5 Å². The topological polar surface area (TPSA) is 38.9 Å². The van der Waals surface area contributed by atoms with Crippen LogP contribution in [0.1, 0.15) is 57.2 Å². The van der Waals surface area contributed by atoms with Crippen molar-refractivity contribution in [3.8, 4) is 22.5 Å². The summed E-state index contributed by atoms with van der Waals surface area (Å²) in [5.41, 5.74) is 7.90. The number of rotatable bonds is 6. The third kappa shape index (κ3) is 7.69. The zero-order chi connectivity index (χ0) is 40.1. The Morgan fingerprint density at radius 1 is 0.788 bits per heavy atom. The van der Waals surface area contributed by atoms with Crippen LogP contribution in [0.5, 0.6) is 0 Å². The quantitative estimate of drug-likeness (QED) is 0.0949. The van der Waals surface area contributed by atoms with Gasteiger partial charge in [-0.2, -0.15) is 0 Å². The van der Waals surface area contributed by atoms with Gasteiger partial charge in [-0.25, -0.2) is 0 Å². The fraction of sp³-hybridized carbons (Fsp3) is 0.234. The zero-order valence-electron chi connectivity index (χ0n) is 35.7. The molecular weight excluding hydrogens is 829 g/mol. The summed E-state index contributed by atoms with van der Waals surface area (Å²) in [6, 6.07) is 34.2. The Morgan fingerprint density at radius 2 is 1.58 bits per heavy atom. The Bertz CT molecular complexity index is 2730. The number of hydrogen-bond acceptors (Lipinski definition) is 3. The molecule has 5 aromatic carbocycles. The molecule has 0 saturated carbocycles. The molecule has 52 heavy (non-hydrogen) atoms. The third-order valence-electron chi connectivity index (χ3n) is 9.35. The predicted octanol–water partition coefficient (Wildman–Crippen LogP) is 12.5. The molecule has 3 aromatic heterocycles. The first-order valence-electron chi connectivity index (χ1n) is 20.2. The maximum atomic E-state index is 8.35. The van der Waals surface area contributed by atoms with E-state index >= 15 is 0 Å². The van der Waals surface area contributed by atoms with Crippen LogP contribution >= 0.6 is 0 Å². The summed E-state index contributed by atoms with van der Waals surface area (Å²) in [7, 11) is -1.46. The van der Waals surface area contributed by atoms with E-state index in [1.165, 1.54) is 28.6 Å². The number of fused-ring (bicyclic) bond motifs is 6. The van der Waals surface area contributed by atoms with Gasteiger partial charge in [-0.05, 0) is 64.3 Å². The molecule has 0 fully saturated rings. The van der Waals surface area contributed by atoms with Gasteiger partial charge in [0.1, 0.15) is 5.58 Å². The Kier molecular flexibility index (Phi) is 9.15. The van der Waals surface area contributed by atoms with E-state index in [1.54, 1.807) is 12.1 Å². The summed E-state index contributed by atoms with van der Waals surface area (Å²) >= 11 is 0. The van der Waals surface area contributed by atoms with E-state index in [-0.39, 0.29) is 37.8 Å². The number of hydrogen-bond donors (Lipinski definition) is 0. The van der Waals surface area contributed by atoms with Gasteiger partial charge in [0, 0.05) is 42.0 Å². The van der Waals surface area contributed by atoms with Crippen molar-refractivity contribution < 1.29 is 31.4 Å². The Balaban J connectivity index is 0.000000191. The van der Waals surface area contributed by atoms with Crippen molar-refractivity contribution >= 4 is 56.7 Å². The van der Waals surface area contributed by atoms with Gasteiger partial charge in [0.25, 0.3) is 0 Å². The van der Waals surface area contributed by atoms with Crippen molar-refractivity contribution in [1.29, 1.82) is 0 Å². The molecule has 0 unspecified atom stereocenters. The second-order valence-electron chi connectivity index (χ2n) is 15.1. The molecule has 8 aromatic rings. The van der Waals surface area contributed by atoms with Crippen LogP contribution in [0.2, 0.25) is 19.6 Å². The molecule has 8 rings (SSSR count). The van der Waals surface area contributed by atoms with Crippen molar-refractivity contribution in [1.82, 2.24) is 9.97 Å². The number of furan rings is 1. The van der Waals surface area contributed by atoms with Gasteiger partial charge >= 0.3 is 0 Å². The second kappa shape index (κ2) is 15.3. The minimum Gasteiger partial charge on any atom is -0.501 e. The molecule has 0 spiro atoms. The van der Waals surface area contributed by atoms with Crippen LogP contribution < -0.4 is 5.19 Å². The van der Waals surface area contributed by atoms with Gasteiger partial charge in [-0.3, -0.25) is 0 Å². The molecule has 5 heteroatoms. The number of benzene rings is 5. The summed E-state index contributed by atoms with van der Waals surface area (Å²) in [6.07, 6.45) is 4.53. The molecule has 0 amide bonds. The van der Waals surface area contributed by atoms with Crippen LogP contribution in [0.3, 0.4) is 0 Å². The number of aromatic nitrogens is 2. The largest absolute Gasteiger partial charge is 0.501 e. The smallest absolute Gasteiger partial charge is 0.121 e. The number of nitrogens with zero attached hydrogens (tertiary/aromatic N) is 2. The molecular formula is C47H46IrN2OSi-2. The summed E-state index contributed by atoms with van der Waals surface area (Å²) in [6.45, 7) is 14.0. The minimum atomic E-state index is -2.19. The molecule has 1 radical (unpaired) electrons. The van der Waals surface area contributed by atoms with E-state index in [2.05, 4.69) is 101 Å². The van der Waals surface area contributed by atoms with Crippen molar-refractivity contribution in [3.63, 3.8) is 0 Å². The molecule has 0 aliphatic rings. The first-order chi connectivity index (χ1) is 26.5. The van der Waals surface area contributed by atoms with Crippen molar-refractivity contribution in [3.05, 3.63) is 138 Å². The van der Waals surface area contributed by atoms with E-state index in [0.717, 1.165) is 55.8 Å². The third-order valence-corrected chi connectivity index (χ3v) is 11.4. The minimum absolute atomic E-state index is 0. The van der Waals surface area contributed by atoms with E-state index < -0.39 is 14.9 Å². The van der Waals surface area contributed by atoms with Crippen LogP contribution in [0, 0.1) is 24.9 Å². The summed E-state index contributed by atoms with van der Waals surface area (Å²) < 4.78 is 45.3. The van der Waals surface area contributed by atoms with Crippen LogP contribution in [0.4, 0.5) is 0 Å². The van der Waals surface area contributed by atoms with Crippen LogP contribution in [0.15, 0.2) is 114 Å². The van der Waals surface area contributed by atoms with Crippen molar-refractivity contribution in [2.24, 2.45) is 5.92 Å². The van der Waals surface area contributed by atoms with E-state index in [4.69, 9.17) is 16.3 Å². The Labute approximate surface area is 329 Å². The Hall–Kier alpha value is -4.41. The molecule has 3 heterocycles. The molecule has 3 nitrogen and oxygen atoms in total. The maximum absolute atomic E-state index is 8.35. The average molecular weight is 880 g/mol. The van der Waals surface area contributed by atoms with Crippen molar-refractivity contribution in [2.75, 3.05) is 0 Å². The fourth-order valence-corrected chi connectivity index (χ4v) is 8.30. The van der Waals surface area contributed by atoms with Gasteiger partial charge in [0.2, 0.25) is 0 Å². The van der Waals surface area contributed by atoms with E-state index in [1.807, 2.05) is 36.4 Å². The first-order valence-corrected chi connectivity index (χ1v) is 21.2. The zero-order valence-corrected chi connectivity index (χ0v) is 34.1. The van der Waals surface area contributed by atoms with Gasteiger partial charge < -0.3 is 14.4 Å². The average Bonchev–Trinajstić information content (AvgIpc) is 3.54. The van der Waals surface area contributed by atoms with E-state index in [0.29, 0.717) is 28.5 Å². The molecule has 0 saturated heterocycles. The summed E-state index contributed by atoms with van der Waals surface area (Å²) in [4.78, 5) is 9.13.